The fourth-order valence-electron chi connectivity index (χ4n) is 3.88. The van der Waals surface area contributed by atoms with Gasteiger partial charge in [-0.3, -0.25) is 4.90 Å². The van der Waals surface area contributed by atoms with Crippen molar-refractivity contribution in [3.63, 3.8) is 0 Å². The zero-order valence-corrected chi connectivity index (χ0v) is 11.3. The Morgan fingerprint density at radius 1 is 0.941 bits per heavy atom. The molecular weight excluding hydrogens is 208 g/mol. The Labute approximate surface area is 106 Å². The average molecular weight is 236 g/mol. The quantitative estimate of drug-likeness (QED) is 0.742. The molecule has 0 spiro atoms. The molecule has 3 fully saturated rings. The third-order valence-corrected chi connectivity index (χ3v) is 5.05. The third-order valence-electron chi connectivity index (χ3n) is 5.05. The van der Waals surface area contributed by atoms with Gasteiger partial charge in [-0.15, -0.1) is 0 Å². The SMILES string of the molecule is CC1CN(C2CCCCCC2)C(C2CC2)CN1. The van der Waals surface area contributed by atoms with Crippen LogP contribution < -0.4 is 5.32 Å². The summed E-state index contributed by atoms with van der Waals surface area (Å²) < 4.78 is 0. The predicted octanol–water partition coefficient (Wildman–Crippen LogP) is 2.78. The molecule has 0 aromatic rings. The Morgan fingerprint density at radius 3 is 2.29 bits per heavy atom. The smallest absolute Gasteiger partial charge is 0.0252 e. The van der Waals surface area contributed by atoms with Crippen LogP contribution in [0.3, 0.4) is 0 Å². The number of hydrogen-bond donors (Lipinski definition) is 1. The van der Waals surface area contributed by atoms with Gasteiger partial charge in [-0.05, 0) is 38.5 Å². The summed E-state index contributed by atoms with van der Waals surface area (Å²) in [6, 6.07) is 2.48. The van der Waals surface area contributed by atoms with Crippen molar-refractivity contribution >= 4 is 0 Å². The monoisotopic (exact) mass is 236 g/mol. The normalized spacial score (nSPS) is 37.9. The van der Waals surface area contributed by atoms with E-state index in [1.54, 1.807) is 0 Å². The number of piperazine rings is 1. The molecule has 98 valence electrons. The summed E-state index contributed by atoms with van der Waals surface area (Å²) in [4.78, 5) is 2.91. The third kappa shape index (κ3) is 2.85. The van der Waals surface area contributed by atoms with Gasteiger partial charge < -0.3 is 5.32 Å². The number of nitrogens with one attached hydrogen (secondary N) is 1. The van der Waals surface area contributed by atoms with E-state index in [0.29, 0.717) is 6.04 Å². The average Bonchev–Trinajstić information content (AvgIpc) is 3.16. The molecule has 1 saturated heterocycles. The zero-order chi connectivity index (χ0) is 11.7. The van der Waals surface area contributed by atoms with Crippen LogP contribution in [-0.4, -0.2) is 36.1 Å². The predicted molar refractivity (Wildman–Crippen MR) is 72.2 cm³/mol. The molecule has 0 aromatic heterocycles. The summed E-state index contributed by atoms with van der Waals surface area (Å²) in [7, 11) is 0. The zero-order valence-electron chi connectivity index (χ0n) is 11.3. The minimum absolute atomic E-state index is 0.702. The van der Waals surface area contributed by atoms with E-state index in [-0.39, 0.29) is 0 Å². The number of nitrogens with zero attached hydrogens (tertiary/aromatic N) is 1. The van der Waals surface area contributed by atoms with Gasteiger partial charge >= 0.3 is 0 Å². The molecule has 0 bridgehead atoms. The summed E-state index contributed by atoms with van der Waals surface area (Å²) in [6.45, 7) is 4.90. The van der Waals surface area contributed by atoms with E-state index in [4.69, 9.17) is 0 Å². The molecule has 2 heteroatoms. The Morgan fingerprint density at radius 2 is 1.65 bits per heavy atom. The summed E-state index contributed by atoms with van der Waals surface area (Å²) in [5, 5.41) is 3.70. The number of rotatable bonds is 2. The van der Waals surface area contributed by atoms with Gasteiger partial charge in [0.25, 0.3) is 0 Å². The van der Waals surface area contributed by atoms with Gasteiger partial charge in [0.15, 0.2) is 0 Å². The van der Waals surface area contributed by atoms with Crippen LogP contribution in [0.1, 0.15) is 58.3 Å². The second-order valence-electron chi connectivity index (χ2n) is 6.56. The second kappa shape index (κ2) is 5.27. The van der Waals surface area contributed by atoms with Crippen molar-refractivity contribution in [3.05, 3.63) is 0 Å². The fraction of sp³-hybridized carbons (Fsp3) is 1.00. The van der Waals surface area contributed by atoms with Crippen molar-refractivity contribution in [1.29, 1.82) is 0 Å². The lowest BCUT2D eigenvalue weighted by atomic mass is 9.98. The van der Waals surface area contributed by atoms with Crippen molar-refractivity contribution in [3.8, 4) is 0 Å². The van der Waals surface area contributed by atoms with E-state index in [9.17, 15) is 0 Å². The van der Waals surface area contributed by atoms with Crippen LogP contribution in [0.25, 0.3) is 0 Å². The van der Waals surface area contributed by atoms with Crippen molar-refractivity contribution in [2.45, 2.75) is 76.4 Å². The first-order valence-corrected chi connectivity index (χ1v) is 7.84. The molecule has 1 heterocycles. The van der Waals surface area contributed by atoms with Crippen molar-refractivity contribution in [2.75, 3.05) is 13.1 Å². The lowest BCUT2D eigenvalue weighted by Crippen LogP contribution is -2.59. The number of hydrogen-bond acceptors (Lipinski definition) is 2. The Balaban J connectivity index is 1.67. The Bertz CT molecular complexity index is 241. The molecule has 17 heavy (non-hydrogen) atoms. The van der Waals surface area contributed by atoms with Crippen molar-refractivity contribution in [2.24, 2.45) is 5.92 Å². The van der Waals surface area contributed by atoms with E-state index in [1.807, 2.05) is 0 Å². The van der Waals surface area contributed by atoms with Gasteiger partial charge in [-0.1, -0.05) is 25.7 Å². The minimum atomic E-state index is 0.702. The Kier molecular flexibility index (Phi) is 3.72. The van der Waals surface area contributed by atoms with Gasteiger partial charge in [0.05, 0.1) is 0 Å². The molecule has 1 aliphatic heterocycles. The second-order valence-corrected chi connectivity index (χ2v) is 6.56. The molecule has 2 nitrogen and oxygen atoms in total. The molecule has 0 radical (unpaired) electrons. The standard InChI is InChI=1S/C15H28N2/c1-12-11-17(14-6-4-2-3-5-7-14)15(10-16-12)13-8-9-13/h12-16H,2-11H2,1H3. The van der Waals surface area contributed by atoms with Crippen LogP contribution >= 0.6 is 0 Å². The van der Waals surface area contributed by atoms with Gasteiger partial charge in [0.2, 0.25) is 0 Å². The van der Waals surface area contributed by atoms with E-state index < -0.39 is 0 Å². The van der Waals surface area contributed by atoms with Crippen LogP contribution in [0.15, 0.2) is 0 Å². The van der Waals surface area contributed by atoms with E-state index >= 15 is 0 Å². The first-order chi connectivity index (χ1) is 8.34. The fourth-order valence-corrected chi connectivity index (χ4v) is 3.88. The summed E-state index contributed by atoms with van der Waals surface area (Å²) in [5.74, 6) is 1.03. The van der Waals surface area contributed by atoms with Gasteiger partial charge in [-0.2, -0.15) is 0 Å². The highest BCUT2D eigenvalue weighted by Gasteiger charge is 2.40. The summed E-state index contributed by atoms with van der Waals surface area (Å²) in [6.07, 6.45) is 11.8. The Hall–Kier alpha value is -0.0800. The van der Waals surface area contributed by atoms with E-state index in [2.05, 4.69) is 17.1 Å². The lowest BCUT2D eigenvalue weighted by molar-refractivity contribution is 0.0648. The first kappa shape index (κ1) is 12.0. The van der Waals surface area contributed by atoms with Gasteiger partial charge in [0, 0.05) is 31.2 Å². The molecule has 2 atom stereocenters. The first-order valence-electron chi connectivity index (χ1n) is 7.84. The summed E-state index contributed by atoms with van der Waals surface area (Å²) in [5.41, 5.74) is 0. The van der Waals surface area contributed by atoms with E-state index in [0.717, 1.165) is 18.0 Å². The highest BCUT2D eigenvalue weighted by atomic mass is 15.3. The van der Waals surface area contributed by atoms with Crippen molar-refractivity contribution in [1.82, 2.24) is 10.2 Å². The highest BCUT2D eigenvalue weighted by molar-refractivity contribution is 4.96. The minimum Gasteiger partial charge on any atom is -0.311 e. The highest BCUT2D eigenvalue weighted by Crippen LogP contribution is 2.38. The molecule has 2 aliphatic carbocycles. The van der Waals surface area contributed by atoms with Crippen LogP contribution in [0, 0.1) is 5.92 Å². The van der Waals surface area contributed by atoms with Gasteiger partial charge in [-0.25, -0.2) is 0 Å². The van der Waals surface area contributed by atoms with Crippen LogP contribution in [0.2, 0.25) is 0 Å². The van der Waals surface area contributed by atoms with Gasteiger partial charge in [0.1, 0.15) is 0 Å². The molecule has 2 unspecified atom stereocenters. The molecule has 2 saturated carbocycles. The summed E-state index contributed by atoms with van der Waals surface area (Å²) >= 11 is 0. The molecule has 1 N–H and O–H groups in total. The maximum absolute atomic E-state index is 3.70. The molecule has 3 rings (SSSR count). The largest absolute Gasteiger partial charge is 0.311 e. The molecule has 0 aromatic carbocycles. The maximum Gasteiger partial charge on any atom is 0.0252 e. The molecule has 3 aliphatic rings. The van der Waals surface area contributed by atoms with Crippen LogP contribution in [0.5, 0.6) is 0 Å². The molecular formula is C15H28N2. The maximum atomic E-state index is 3.70. The lowest BCUT2D eigenvalue weighted by Gasteiger charge is -2.44. The van der Waals surface area contributed by atoms with E-state index in [1.165, 1.54) is 64.5 Å². The van der Waals surface area contributed by atoms with Crippen LogP contribution in [0.4, 0.5) is 0 Å². The molecule has 0 amide bonds. The topological polar surface area (TPSA) is 15.3 Å². The van der Waals surface area contributed by atoms with Crippen LogP contribution in [-0.2, 0) is 0 Å². The van der Waals surface area contributed by atoms with Crippen molar-refractivity contribution < 1.29 is 0 Å².